The third-order valence-electron chi connectivity index (χ3n) is 4.40. The lowest BCUT2D eigenvalue weighted by molar-refractivity contribution is 0.151. The van der Waals surface area contributed by atoms with Crippen LogP contribution in [-0.4, -0.2) is 31.6 Å². The minimum Gasteiger partial charge on any atom is -0.316 e. The average Bonchev–Trinajstić information content (AvgIpc) is 2.49. The number of benzene rings is 1. The van der Waals surface area contributed by atoms with E-state index in [0.29, 0.717) is 5.41 Å². The van der Waals surface area contributed by atoms with Gasteiger partial charge in [0.15, 0.2) is 0 Å². The first-order valence-electron chi connectivity index (χ1n) is 8.19. The van der Waals surface area contributed by atoms with E-state index in [1.54, 1.807) is 12.1 Å². The summed E-state index contributed by atoms with van der Waals surface area (Å²) in [6.07, 6.45) is 3.52. The number of nitrogens with zero attached hydrogens (tertiary/aromatic N) is 1. The van der Waals surface area contributed by atoms with Gasteiger partial charge in [0, 0.05) is 19.6 Å². The average molecular weight is 294 g/mol. The zero-order valence-electron chi connectivity index (χ0n) is 14.1. The summed E-state index contributed by atoms with van der Waals surface area (Å²) in [5.41, 5.74) is 1.49. The van der Waals surface area contributed by atoms with Crippen LogP contribution in [0.3, 0.4) is 0 Å². The van der Waals surface area contributed by atoms with E-state index in [-0.39, 0.29) is 5.82 Å². The lowest BCUT2D eigenvalue weighted by Gasteiger charge is -2.36. The van der Waals surface area contributed by atoms with E-state index in [1.807, 2.05) is 12.1 Å². The van der Waals surface area contributed by atoms with Crippen LogP contribution in [-0.2, 0) is 6.54 Å². The normalized spacial score (nSPS) is 12.1. The first-order chi connectivity index (χ1) is 10.0. The fraction of sp³-hybridized carbons (Fsp3) is 0.667. The third kappa shape index (κ3) is 6.15. The van der Waals surface area contributed by atoms with Crippen molar-refractivity contribution in [3.05, 3.63) is 35.6 Å². The molecule has 0 aromatic heterocycles. The van der Waals surface area contributed by atoms with Crippen LogP contribution in [0.5, 0.6) is 0 Å². The Bertz CT molecular complexity index is 385. The predicted octanol–water partition coefficient (Wildman–Crippen LogP) is 4.06. The van der Waals surface area contributed by atoms with Crippen molar-refractivity contribution in [3.63, 3.8) is 0 Å². The van der Waals surface area contributed by atoms with Crippen molar-refractivity contribution in [1.29, 1.82) is 0 Å². The number of halogens is 1. The van der Waals surface area contributed by atoms with Gasteiger partial charge in [0.05, 0.1) is 0 Å². The molecular formula is C18H31FN2. The van der Waals surface area contributed by atoms with Gasteiger partial charge in [-0.2, -0.15) is 0 Å². The van der Waals surface area contributed by atoms with Crippen molar-refractivity contribution in [2.75, 3.05) is 26.7 Å². The fourth-order valence-electron chi connectivity index (χ4n) is 2.84. The molecule has 1 rings (SSSR count). The van der Waals surface area contributed by atoms with E-state index in [1.165, 1.54) is 24.8 Å². The Morgan fingerprint density at radius 3 is 2.24 bits per heavy atom. The van der Waals surface area contributed by atoms with E-state index in [9.17, 15) is 4.39 Å². The number of nitrogens with one attached hydrogen (secondary N) is 1. The first-order valence-corrected chi connectivity index (χ1v) is 8.19. The molecule has 0 saturated carbocycles. The van der Waals surface area contributed by atoms with E-state index in [0.717, 1.165) is 26.2 Å². The molecule has 2 nitrogen and oxygen atoms in total. The van der Waals surface area contributed by atoms with Gasteiger partial charge in [0.25, 0.3) is 0 Å². The summed E-state index contributed by atoms with van der Waals surface area (Å²) < 4.78 is 13.0. The Hall–Kier alpha value is -0.930. The predicted molar refractivity (Wildman–Crippen MR) is 88.9 cm³/mol. The van der Waals surface area contributed by atoms with Gasteiger partial charge in [-0.05, 0) is 56.0 Å². The molecule has 120 valence electrons. The smallest absolute Gasteiger partial charge is 0.123 e. The minimum atomic E-state index is -0.165. The molecule has 0 radical (unpaired) electrons. The second-order valence-electron chi connectivity index (χ2n) is 6.18. The molecule has 0 aliphatic heterocycles. The molecule has 0 atom stereocenters. The second kappa shape index (κ2) is 9.16. The van der Waals surface area contributed by atoms with Crippen LogP contribution in [0.1, 0.15) is 45.6 Å². The van der Waals surface area contributed by atoms with Gasteiger partial charge >= 0.3 is 0 Å². The van der Waals surface area contributed by atoms with Gasteiger partial charge in [-0.3, -0.25) is 0 Å². The van der Waals surface area contributed by atoms with Gasteiger partial charge < -0.3 is 10.2 Å². The Balaban J connectivity index is 2.58. The van der Waals surface area contributed by atoms with Crippen LogP contribution in [0, 0.1) is 11.2 Å². The quantitative estimate of drug-likeness (QED) is 0.655. The summed E-state index contributed by atoms with van der Waals surface area (Å²) in [6.45, 7) is 10.9. The molecule has 0 fully saturated rings. The molecule has 0 bridgehead atoms. The SMILES string of the molecule is CCCNCC(CC)(CC)CN(C)Cc1ccc(F)cc1. The summed E-state index contributed by atoms with van der Waals surface area (Å²) in [5.74, 6) is -0.165. The highest BCUT2D eigenvalue weighted by Crippen LogP contribution is 2.27. The summed E-state index contributed by atoms with van der Waals surface area (Å²) in [6, 6.07) is 6.83. The van der Waals surface area contributed by atoms with Gasteiger partial charge in [0.1, 0.15) is 5.82 Å². The molecule has 21 heavy (non-hydrogen) atoms. The molecule has 3 heteroatoms. The van der Waals surface area contributed by atoms with Crippen LogP contribution in [0.2, 0.25) is 0 Å². The van der Waals surface area contributed by atoms with Gasteiger partial charge in [-0.25, -0.2) is 4.39 Å². The molecule has 0 amide bonds. The van der Waals surface area contributed by atoms with Crippen LogP contribution < -0.4 is 5.32 Å². The zero-order chi connectivity index (χ0) is 15.7. The van der Waals surface area contributed by atoms with E-state index in [2.05, 4.69) is 38.0 Å². The topological polar surface area (TPSA) is 15.3 Å². The molecular weight excluding hydrogens is 263 g/mol. The molecule has 1 aromatic rings. The Kier molecular flexibility index (Phi) is 7.91. The van der Waals surface area contributed by atoms with Crippen LogP contribution >= 0.6 is 0 Å². The largest absolute Gasteiger partial charge is 0.316 e. The van der Waals surface area contributed by atoms with Gasteiger partial charge in [0.2, 0.25) is 0 Å². The van der Waals surface area contributed by atoms with Gasteiger partial charge in [-0.1, -0.05) is 32.9 Å². The number of hydrogen-bond donors (Lipinski definition) is 1. The van der Waals surface area contributed by atoms with E-state index >= 15 is 0 Å². The lowest BCUT2D eigenvalue weighted by Crippen LogP contribution is -2.42. The van der Waals surface area contributed by atoms with Crippen molar-refractivity contribution >= 4 is 0 Å². The van der Waals surface area contributed by atoms with E-state index < -0.39 is 0 Å². The highest BCUT2D eigenvalue weighted by Gasteiger charge is 2.27. The number of hydrogen-bond acceptors (Lipinski definition) is 2. The lowest BCUT2D eigenvalue weighted by atomic mass is 9.81. The minimum absolute atomic E-state index is 0.165. The summed E-state index contributed by atoms with van der Waals surface area (Å²) in [5, 5.41) is 3.58. The fourth-order valence-corrected chi connectivity index (χ4v) is 2.84. The molecule has 0 saturated heterocycles. The molecule has 0 aliphatic carbocycles. The zero-order valence-corrected chi connectivity index (χ0v) is 14.1. The Morgan fingerprint density at radius 1 is 1.10 bits per heavy atom. The molecule has 0 unspecified atom stereocenters. The van der Waals surface area contributed by atoms with Crippen LogP contribution in [0.25, 0.3) is 0 Å². The van der Waals surface area contributed by atoms with Crippen LogP contribution in [0.15, 0.2) is 24.3 Å². The summed E-state index contributed by atoms with van der Waals surface area (Å²) in [4.78, 5) is 2.36. The van der Waals surface area contributed by atoms with Gasteiger partial charge in [-0.15, -0.1) is 0 Å². The molecule has 0 aliphatic rings. The van der Waals surface area contributed by atoms with Crippen molar-refractivity contribution < 1.29 is 4.39 Å². The van der Waals surface area contributed by atoms with Crippen molar-refractivity contribution in [3.8, 4) is 0 Å². The summed E-state index contributed by atoms with van der Waals surface area (Å²) in [7, 11) is 2.16. The number of rotatable bonds is 10. The highest BCUT2D eigenvalue weighted by molar-refractivity contribution is 5.15. The molecule has 1 N–H and O–H groups in total. The maximum absolute atomic E-state index is 13.0. The maximum Gasteiger partial charge on any atom is 0.123 e. The molecule has 1 aromatic carbocycles. The van der Waals surface area contributed by atoms with Crippen molar-refractivity contribution in [2.45, 2.75) is 46.6 Å². The first kappa shape index (κ1) is 18.1. The Labute approximate surface area is 129 Å². The maximum atomic E-state index is 13.0. The van der Waals surface area contributed by atoms with Crippen molar-refractivity contribution in [1.82, 2.24) is 10.2 Å². The monoisotopic (exact) mass is 294 g/mol. The van der Waals surface area contributed by atoms with E-state index in [4.69, 9.17) is 0 Å². The van der Waals surface area contributed by atoms with Crippen molar-refractivity contribution in [2.24, 2.45) is 5.41 Å². The van der Waals surface area contributed by atoms with Crippen LogP contribution in [0.4, 0.5) is 4.39 Å². The molecule has 0 spiro atoms. The Morgan fingerprint density at radius 2 is 1.71 bits per heavy atom. The standard InChI is InChI=1S/C18H31FN2/c1-5-12-20-14-18(6-2,7-3)15-21(4)13-16-8-10-17(19)11-9-16/h8-11,20H,5-7,12-15H2,1-4H3. The molecule has 0 heterocycles. The third-order valence-corrected chi connectivity index (χ3v) is 4.40. The second-order valence-corrected chi connectivity index (χ2v) is 6.18. The highest BCUT2D eigenvalue weighted by atomic mass is 19.1. The summed E-state index contributed by atoms with van der Waals surface area (Å²) >= 11 is 0.